The molecule has 0 saturated carbocycles. The average Bonchev–Trinajstić information content (AvgIpc) is 3.38. The normalized spacial score (nSPS) is 10.4. The van der Waals surface area contributed by atoms with Gasteiger partial charge in [-0.25, -0.2) is 0 Å². The lowest BCUT2D eigenvalue weighted by atomic mass is 10.0. The van der Waals surface area contributed by atoms with Crippen LogP contribution in [-0.2, 0) is 25.7 Å². The molecule has 3 heterocycles. The zero-order chi connectivity index (χ0) is 28.9. The van der Waals surface area contributed by atoms with Crippen LogP contribution in [0.4, 0.5) is 0 Å². The molecule has 3 aromatic heterocycles. The predicted molar refractivity (Wildman–Crippen MR) is 168 cm³/mol. The molecule has 0 aliphatic rings. The van der Waals surface area contributed by atoms with E-state index < -0.39 is 0 Å². The van der Waals surface area contributed by atoms with E-state index >= 15 is 0 Å². The number of nitrogens with zero attached hydrogens (tertiary/aromatic N) is 2. The minimum Gasteiger partial charge on any atom is -0.472 e. The fraction of sp³-hybridized carbons (Fsp3) is 0.444. The molecule has 0 radical (unpaired) electrons. The quantitative estimate of drug-likeness (QED) is 0.228. The van der Waals surface area contributed by atoms with Gasteiger partial charge in [-0.2, -0.15) is 0 Å². The van der Waals surface area contributed by atoms with Crippen LogP contribution in [0.5, 0.6) is 0 Å². The van der Waals surface area contributed by atoms with Crippen molar-refractivity contribution in [2.45, 2.75) is 81.1 Å². The molecule has 4 rings (SSSR count). The molecule has 0 aliphatic heterocycles. The first kappa shape index (κ1) is 33.8. The highest BCUT2D eigenvalue weighted by atomic mass is 16.3. The minimum atomic E-state index is 0.704. The van der Waals surface area contributed by atoms with Crippen LogP contribution in [-0.4, -0.2) is 9.97 Å². The second-order valence-electron chi connectivity index (χ2n) is 11.7. The van der Waals surface area contributed by atoms with Crippen molar-refractivity contribution < 1.29 is 4.42 Å². The Bertz CT molecular complexity index is 933. The number of hydrogen-bond acceptors (Lipinski definition) is 3. The summed E-state index contributed by atoms with van der Waals surface area (Å²) in [4.78, 5) is 8.26. The van der Waals surface area contributed by atoms with E-state index in [-0.39, 0.29) is 0 Å². The van der Waals surface area contributed by atoms with Crippen molar-refractivity contribution in [1.29, 1.82) is 0 Å². The van der Waals surface area contributed by atoms with Crippen molar-refractivity contribution in [2.24, 2.45) is 23.7 Å². The zero-order valence-electron chi connectivity index (χ0n) is 25.7. The molecule has 0 amide bonds. The molecule has 0 saturated heterocycles. The molecular formula is C36H52N2O. The van der Waals surface area contributed by atoms with Gasteiger partial charge in [0, 0.05) is 24.3 Å². The molecule has 3 nitrogen and oxygen atoms in total. The lowest BCUT2D eigenvalue weighted by Crippen LogP contribution is -1.95. The molecule has 0 bridgehead atoms. The van der Waals surface area contributed by atoms with Gasteiger partial charge < -0.3 is 4.42 Å². The Hall–Kier alpha value is -3.20. The van der Waals surface area contributed by atoms with Crippen molar-refractivity contribution >= 4 is 0 Å². The lowest BCUT2D eigenvalue weighted by molar-refractivity contribution is 0.557. The lowest BCUT2D eigenvalue weighted by Gasteiger charge is -2.02. The van der Waals surface area contributed by atoms with Gasteiger partial charge in [0.25, 0.3) is 0 Å². The van der Waals surface area contributed by atoms with Gasteiger partial charge in [0.05, 0.1) is 12.5 Å². The van der Waals surface area contributed by atoms with Crippen LogP contribution in [0.2, 0.25) is 0 Å². The molecule has 0 atom stereocenters. The summed E-state index contributed by atoms with van der Waals surface area (Å²) < 4.78 is 4.92. The van der Waals surface area contributed by atoms with Gasteiger partial charge in [0.15, 0.2) is 0 Å². The van der Waals surface area contributed by atoms with Gasteiger partial charge in [0.1, 0.15) is 0 Å². The van der Waals surface area contributed by atoms with Gasteiger partial charge in [-0.05, 0) is 90.3 Å². The van der Waals surface area contributed by atoms with Gasteiger partial charge in [-0.1, -0.05) is 97.9 Å². The first-order valence-corrected chi connectivity index (χ1v) is 14.5. The van der Waals surface area contributed by atoms with Crippen LogP contribution in [0.15, 0.2) is 102 Å². The van der Waals surface area contributed by atoms with E-state index in [1.54, 1.807) is 12.5 Å². The van der Waals surface area contributed by atoms with Crippen LogP contribution in [0.25, 0.3) is 0 Å². The van der Waals surface area contributed by atoms with E-state index in [1.165, 1.54) is 28.8 Å². The summed E-state index contributed by atoms with van der Waals surface area (Å²) in [6.07, 6.45) is 13.6. The molecule has 0 N–H and O–H groups in total. The van der Waals surface area contributed by atoms with Crippen molar-refractivity contribution in [3.8, 4) is 0 Å². The summed E-state index contributed by atoms with van der Waals surface area (Å²) in [5.74, 6) is 2.92. The number of aromatic nitrogens is 2. The van der Waals surface area contributed by atoms with Crippen LogP contribution in [0, 0.1) is 23.7 Å². The van der Waals surface area contributed by atoms with E-state index in [0.29, 0.717) is 5.92 Å². The molecule has 1 aromatic carbocycles. The average molecular weight is 529 g/mol. The first-order chi connectivity index (χ1) is 18.7. The number of benzene rings is 1. The first-order valence-electron chi connectivity index (χ1n) is 14.5. The van der Waals surface area contributed by atoms with E-state index in [4.69, 9.17) is 4.42 Å². The van der Waals surface area contributed by atoms with E-state index in [0.717, 1.165) is 37.0 Å². The van der Waals surface area contributed by atoms with Gasteiger partial charge >= 0.3 is 0 Å². The maximum atomic E-state index is 4.92. The zero-order valence-corrected chi connectivity index (χ0v) is 25.7. The van der Waals surface area contributed by atoms with Crippen LogP contribution in [0.1, 0.15) is 77.8 Å². The fourth-order valence-corrected chi connectivity index (χ4v) is 3.89. The van der Waals surface area contributed by atoms with Gasteiger partial charge in [0.2, 0.25) is 0 Å². The minimum absolute atomic E-state index is 0.704. The van der Waals surface area contributed by atoms with Crippen molar-refractivity contribution in [3.63, 3.8) is 0 Å². The molecule has 39 heavy (non-hydrogen) atoms. The molecular weight excluding hydrogens is 476 g/mol. The number of hydrogen-bond donors (Lipinski definition) is 0. The van der Waals surface area contributed by atoms with Crippen molar-refractivity contribution in [2.75, 3.05) is 0 Å². The molecule has 0 unspecified atom stereocenters. The van der Waals surface area contributed by atoms with Crippen molar-refractivity contribution in [3.05, 3.63) is 120 Å². The third kappa shape index (κ3) is 19.5. The number of rotatable bonds is 8. The second kappa shape index (κ2) is 20.7. The third-order valence-corrected chi connectivity index (χ3v) is 5.42. The van der Waals surface area contributed by atoms with Crippen LogP contribution in [0.3, 0.4) is 0 Å². The Morgan fingerprint density at radius 2 is 1.10 bits per heavy atom. The van der Waals surface area contributed by atoms with E-state index in [1.807, 2.05) is 42.9 Å². The number of furan rings is 1. The van der Waals surface area contributed by atoms with Crippen LogP contribution >= 0.6 is 0 Å². The van der Waals surface area contributed by atoms with Gasteiger partial charge in [-0.3, -0.25) is 9.97 Å². The third-order valence-electron chi connectivity index (χ3n) is 5.42. The molecule has 0 spiro atoms. The fourth-order valence-electron chi connectivity index (χ4n) is 3.89. The number of pyridine rings is 2. The van der Waals surface area contributed by atoms with E-state index in [9.17, 15) is 0 Å². The Morgan fingerprint density at radius 1 is 0.538 bits per heavy atom. The Morgan fingerprint density at radius 3 is 1.59 bits per heavy atom. The molecule has 3 heteroatoms. The largest absolute Gasteiger partial charge is 0.472 e. The highest BCUT2D eigenvalue weighted by Crippen LogP contribution is 2.08. The van der Waals surface area contributed by atoms with E-state index in [2.05, 4.69) is 108 Å². The summed E-state index contributed by atoms with van der Waals surface area (Å²) in [7, 11) is 0. The molecule has 4 aromatic rings. The van der Waals surface area contributed by atoms with Crippen molar-refractivity contribution in [1.82, 2.24) is 9.97 Å². The molecule has 212 valence electrons. The van der Waals surface area contributed by atoms with Crippen LogP contribution < -0.4 is 0 Å². The second-order valence-corrected chi connectivity index (χ2v) is 11.7. The summed E-state index contributed by atoms with van der Waals surface area (Å²) in [5, 5.41) is 0. The Labute approximate surface area is 239 Å². The highest BCUT2D eigenvalue weighted by molar-refractivity contribution is 5.14. The monoisotopic (exact) mass is 528 g/mol. The summed E-state index contributed by atoms with van der Waals surface area (Å²) >= 11 is 0. The highest BCUT2D eigenvalue weighted by Gasteiger charge is 1.97. The Kier molecular flexibility index (Phi) is 18.0. The molecule has 0 aliphatic carbocycles. The topological polar surface area (TPSA) is 38.9 Å². The smallest absolute Gasteiger partial charge is 0.0934 e. The van der Waals surface area contributed by atoms with Gasteiger partial charge in [-0.15, -0.1) is 0 Å². The molecule has 0 fully saturated rings. The SMILES string of the molecule is CC(C)Cc1ccccc1.CC(C)Cc1ccccn1.CC(C)Cc1cccnc1.CC(C)Cc1ccoc1. The predicted octanol–water partition coefficient (Wildman–Crippen LogP) is 9.92. The summed E-state index contributed by atoms with van der Waals surface area (Å²) in [6, 6.07) is 22.8. The standard InChI is InChI=1S/C10H14.2C9H13N.C8H12O/c1-9(2)8-10-6-4-3-5-7-10;1-8(2)6-9-4-3-5-10-7-9;1-8(2)7-9-5-3-4-6-10-9;1-7(2)5-8-3-4-9-6-8/h3-7,9H,8H2,1-2H3;3-5,7-8H,6H2,1-2H3;3-6,8H,7H2,1-2H3;3-4,6-7H,5H2,1-2H3. The maximum absolute atomic E-state index is 4.92. The Balaban J connectivity index is 0.000000260. The summed E-state index contributed by atoms with van der Waals surface area (Å²) in [5.41, 5.74) is 5.26. The summed E-state index contributed by atoms with van der Waals surface area (Å²) in [6.45, 7) is 17.7. The maximum Gasteiger partial charge on any atom is 0.0934 e.